The Morgan fingerprint density at radius 1 is 1.19 bits per heavy atom. The molecule has 2 rings (SSSR count). The van der Waals surface area contributed by atoms with Gasteiger partial charge in [-0.15, -0.1) is 0 Å². The summed E-state index contributed by atoms with van der Waals surface area (Å²) in [4.78, 5) is 35.0. The van der Waals surface area contributed by atoms with E-state index in [1.54, 1.807) is 22.9 Å². The van der Waals surface area contributed by atoms with E-state index in [1.165, 1.54) is 25.3 Å². The monoisotopic (exact) mass is 371 g/mol. The molecule has 2 aromatic rings. The molecule has 0 spiro atoms. The number of carbonyl (C=O) groups is 3. The Bertz CT molecular complexity index is 881. The molecule has 142 valence electrons. The average molecular weight is 371 g/mol. The fourth-order valence-electron chi connectivity index (χ4n) is 2.37. The zero-order chi connectivity index (χ0) is 20.0. The summed E-state index contributed by atoms with van der Waals surface area (Å²) in [6.07, 6.45) is 2.87. The van der Waals surface area contributed by atoms with Gasteiger partial charge in [-0.25, -0.2) is 9.59 Å². The first-order chi connectivity index (χ1) is 12.8. The molecule has 0 radical (unpaired) electrons. The number of methoxy groups -OCH3 is 1. The first kappa shape index (κ1) is 19.9. The molecule has 1 aromatic carbocycles. The summed E-state index contributed by atoms with van der Waals surface area (Å²) >= 11 is 0. The molecule has 1 N–H and O–H groups in total. The van der Waals surface area contributed by atoms with Gasteiger partial charge in [0, 0.05) is 30.1 Å². The number of anilines is 1. The molecule has 0 aliphatic rings. The highest BCUT2D eigenvalue weighted by Gasteiger charge is 2.09. The second-order valence-electron chi connectivity index (χ2n) is 5.77. The van der Waals surface area contributed by atoms with Crippen LogP contribution in [0.3, 0.4) is 0 Å². The zero-order valence-electron chi connectivity index (χ0n) is 15.6. The summed E-state index contributed by atoms with van der Waals surface area (Å²) in [5.41, 5.74) is 3.40. The number of esters is 2. The lowest BCUT2D eigenvalue weighted by Crippen LogP contribution is -2.20. The summed E-state index contributed by atoms with van der Waals surface area (Å²) in [5.74, 6) is -1.59. The van der Waals surface area contributed by atoms with Crippen molar-refractivity contribution in [2.75, 3.05) is 19.0 Å². The predicted molar refractivity (Wildman–Crippen MR) is 99.1 cm³/mol. The highest BCUT2D eigenvalue weighted by Crippen LogP contribution is 2.14. The van der Waals surface area contributed by atoms with Gasteiger partial charge in [-0.05, 0) is 44.2 Å². The van der Waals surface area contributed by atoms with E-state index in [4.69, 9.17) is 4.74 Å². The summed E-state index contributed by atoms with van der Waals surface area (Å²) in [6.45, 7) is 3.31. The fourth-order valence-corrected chi connectivity index (χ4v) is 2.37. The number of aromatic nitrogens is 2. The van der Waals surface area contributed by atoms with Crippen LogP contribution in [-0.2, 0) is 26.1 Å². The number of nitrogens with one attached hydrogen (secondary N) is 1. The molecule has 1 amide bonds. The Balaban J connectivity index is 1.85. The van der Waals surface area contributed by atoms with Gasteiger partial charge in [0.2, 0.25) is 0 Å². The minimum atomic E-state index is -0.631. The van der Waals surface area contributed by atoms with Crippen LogP contribution in [0, 0.1) is 13.8 Å². The third-order valence-electron chi connectivity index (χ3n) is 3.89. The summed E-state index contributed by atoms with van der Waals surface area (Å²) in [5, 5.41) is 6.82. The number of aryl methyl sites for hydroxylation is 2. The molecular formula is C19H21N3O5. The maximum Gasteiger partial charge on any atom is 0.337 e. The highest BCUT2D eigenvalue weighted by atomic mass is 16.5. The number of amides is 1. The van der Waals surface area contributed by atoms with Gasteiger partial charge in [0.1, 0.15) is 0 Å². The molecule has 27 heavy (non-hydrogen) atoms. The second-order valence-corrected chi connectivity index (χ2v) is 5.77. The second kappa shape index (κ2) is 8.79. The minimum absolute atomic E-state index is 0.369. The smallest absolute Gasteiger partial charge is 0.337 e. The van der Waals surface area contributed by atoms with Crippen LogP contribution in [0.15, 0.2) is 30.3 Å². The van der Waals surface area contributed by atoms with E-state index in [-0.39, 0.29) is 0 Å². The molecule has 8 nitrogen and oxygen atoms in total. The van der Waals surface area contributed by atoms with Crippen LogP contribution in [0.2, 0.25) is 0 Å². The third-order valence-corrected chi connectivity index (χ3v) is 3.89. The Hall–Kier alpha value is -3.42. The van der Waals surface area contributed by atoms with Crippen LogP contribution >= 0.6 is 0 Å². The molecule has 0 saturated heterocycles. The number of hydrogen-bond acceptors (Lipinski definition) is 6. The number of rotatable bonds is 6. The lowest BCUT2D eigenvalue weighted by molar-refractivity contribution is -0.142. The summed E-state index contributed by atoms with van der Waals surface area (Å²) in [6, 6.07) is 6.16. The summed E-state index contributed by atoms with van der Waals surface area (Å²) in [7, 11) is 3.11. The van der Waals surface area contributed by atoms with Crippen molar-refractivity contribution in [2.24, 2.45) is 7.05 Å². The molecule has 1 aromatic heterocycles. The maximum absolute atomic E-state index is 11.9. The first-order valence-corrected chi connectivity index (χ1v) is 8.15. The van der Waals surface area contributed by atoms with Crippen LogP contribution < -0.4 is 5.32 Å². The molecule has 0 bridgehead atoms. The quantitative estimate of drug-likeness (QED) is 0.616. The van der Waals surface area contributed by atoms with Crippen molar-refractivity contribution in [3.8, 4) is 0 Å². The Morgan fingerprint density at radius 3 is 2.41 bits per heavy atom. The van der Waals surface area contributed by atoms with E-state index in [0.717, 1.165) is 17.0 Å². The predicted octanol–water partition coefficient (Wildman–Crippen LogP) is 2.02. The SMILES string of the molecule is COC(=O)c1ccc(NC(=O)COC(=O)/C=C/c2c(C)nn(C)c2C)cc1. The van der Waals surface area contributed by atoms with Gasteiger partial charge in [-0.1, -0.05) is 0 Å². The first-order valence-electron chi connectivity index (χ1n) is 8.15. The van der Waals surface area contributed by atoms with Crippen molar-refractivity contribution in [2.45, 2.75) is 13.8 Å². The van der Waals surface area contributed by atoms with Crippen molar-refractivity contribution in [3.63, 3.8) is 0 Å². The lowest BCUT2D eigenvalue weighted by atomic mass is 10.2. The van der Waals surface area contributed by atoms with Gasteiger partial charge in [0.25, 0.3) is 5.91 Å². The minimum Gasteiger partial charge on any atom is -0.465 e. The Labute approximate surface area is 156 Å². The van der Waals surface area contributed by atoms with Crippen LogP contribution in [0.4, 0.5) is 5.69 Å². The molecule has 0 saturated carbocycles. The van der Waals surface area contributed by atoms with Crippen LogP contribution in [0.25, 0.3) is 6.08 Å². The standard InChI is InChI=1S/C19H21N3O5/c1-12-16(13(2)22(3)21-12)9-10-18(24)27-11-17(23)20-15-7-5-14(6-8-15)19(25)26-4/h5-10H,11H2,1-4H3,(H,20,23)/b10-9+. The Kier molecular flexibility index (Phi) is 6.48. The molecule has 1 heterocycles. The number of ether oxygens (including phenoxy) is 2. The maximum atomic E-state index is 11.9. The lowest BCUT2D eigenvalue weighted by Gasteiger charge is -2.06. The van der Waals surface area contributed by atoms with Gasteiger partial charge < -0.3 is 14.8 Å². The van der Waals surface area contributed by atoms with Crippen molar-refractivity contribution < 1.29 is 23.9 Å². The van der Waals surface area contributed by atoms with E-state index in [1.807, 2.05) is 20.9 Å². The van der Waals surface area contributed by atoms with Gasteiger partial charge in [-0.3, -0.25) is 9.48 Å². The number of carbonyl (C=O) groups excluding carboxylic acids is 3. The van der Waals surface area contributed by atoms with Crippen LogP contribution in [-0.4, -0.2) is 41.3 Å². The van der Waals surface area contributed by atoms with Gasteiger partial charge in [0.15, 0.2) is 6.61 Å². The third kappa shape index (κ3) is 5.27. The highest BCUT2D eigenvalue weighted by molar-refractivity contribution is 5.95. The largest absolute Gasteiger partial charge is 0.465 e. The normalized spacial score (nSPS) is 10.7. The van der Waals surface area contributed by atoms with Gasteiger partial charge >= 0.3 is 11.9 Å². The summed E-state index contributed by atoms with van der Waals surface area (Å²) < 4.78 is 11.2. The zero-order valence-corrected chi connectivity index (χ0v) is 15.6. The molecule has 0 aliphatic carbocycles. The van der Waals surface area contributed by atoms with Crippen molar-refractivity contribution in [3.05, 3.63) is 52.9 Å². The molecule has 0 unspecified atom stereocenters. The topological polar surface area (TPSA) is 99.5 Å². The molecule has 0 atom stereocenters. The number of benzene rings is 1. The fraction of sp³-hybridized carbons (Fsp3) is 0.263. The average Bonchev–Trinajstić information content (AvgIpc) is 2.90. The van der Waals surface area contributed by atoms with E-state index < -0.39 is 24.5 Å². The van der Waals surface area contributed by atoms with Crippen molar-refractivity contribution >= 4 is 29.6 Å². The van der Waals surface area contributed by atoms with E-state index in [0.29, 0.717) is 11.3 Å². The van der Waals surface area contributed by atoms with E-state index >= 15 is 0 Å². The number of nitrogens with zero attached hydrogens (tertiary/aromatic N) is 2. The van der Waals surface area contributed by atoms with E-state index in [2.05, 4.69) is 15.2 Å². The Morgan fingerprint density at radius 2 is 1.85 bits per heavy atom. The number of hydrogen-bond donors (Lipinski definition) is 1. The van der Waals surface area contributed by atoms with Crippen LogP contribution in [0.1, 0.15) is 27.3 Å². The molecule has 0 aliphatic heterocycles. The molecule has 0 fully saturated rings. The van der Waals surface area contributed by atoms with Crippen molar-refractivity contribution in [1.82, 2.24) is 9.78 Å². The molecular weight excluding hydrogens is 350 g/mol. The van der Waals surface area contributed by atoms with Gasteiger partial charge in [0.05, 0.1) is 18.4 Å². The van der Waals surface area contributed by atoms with Crippen LogP contribution in [0.5, 0.6) is 0 Å². The van der Waals surface area contributed by atoms with Gasteiger partial charge in [-0.2, -0.15) is 5.10 Å². The van der Waals surface area contributed by atoms with E-state index in [9.17, 15) is 14.4 Å². The molecule has 8 heteroatoms. The van der Waals surface area contributed by atoms with Crippen molar-refractivity contribution in [1.29, 1.82) is 0 Å².